The summed E-state index contributed by atoms with van der Waals surface area (Å²) < 4.78 is 25.0. The van der Waals surface area contributed by atoms with Gasteiger partial charge in [0.25, 0.3) is 0 Å². The lowest BCUT2D eigenvalue weighted by Gasteiger charge is -2.03. The summed E-state index contributed by atoms with van der Waals surface area (Å²) in [5.41, 5.74) is 0. The maximum Gasteiger partial charge on any atom is 0.305 e. The van der Waals surface area contributed by atoms with Crippen molar-refractivity contribution in [3.05, 3.63) is 0 Å². The molecular formula is C7H10F2O. The van der Waals surface area contributed by atoms with Gasteiger partial charge in [-0.25, -0.2) is 0 Å². The zero-order chi connectivity index (χ0) is 7.94. The van der Waals surface area contributed by atoms with Gasteiger partial charge in [0.05, 0.1) is 0 Å². The monoisotopic (exact) mass is 148 g/mol. The van der Waals surface area contributed by atoms with E-state index in [1.807, 2.05) is 0 Å². The predicted octanol–water partition coefficient (Wildman–Crippen LogP) is 1.87. The van der Waals surface area contributed by atoms with Crippen molar-refractivity contribution in [2.75, 3.05) is 0 Å². The summed E-state index contributed by atoms with van der Waals surface area (Å²) in [6, 6.07) is 0. The Bertz CT molecular complexity index is 165. The quantitative estimate of drug-likeness (QED) is 0.512. The van der Waals surface area contributed by atoms with E-state index in [1.165, 1.54) is 0 Å². The Morgan fingerprint density at radius 3 is 2.10 bits per heavy atom. The largest absolute Gasteiger partial charge is 0.305 e. The molecule has 2 atom stereocenters. The van der Waals surface area contributed by atoms with Crippen LogP contribution in [0.5, 0.6) is 0 Å². The van der Waals surface area contributed by atoms with Crippen LogP contribution < -0.4 is 0 Å². The molecule has 0 amide bonds. The fourth-order valence-electron chi connectivity index (χ4n) is 1.27. The van der Waals surface area contributed by atoms with Crippen LogP contribution >= 0.6 is 0 Å². The van der Waals surface area contributed by atoms with Crippen molar-refractivity contribution in [2.45, 2.75) is 26.2 Å². The van der Waals surface area contributed by atoms with Crippen LogP contribution in [-0.2, 0) is 4.79 Å². The first-order chi connectivity index (χ1) is 4.45. The third-order valence-corrected chi connectivity index (χ3v) is 2.21. The highest BCUT2D eigenvalue weighted by Crippen LogP contribution is 2.39. The number of halogens is 2. The smallest absolute Gasteiger partial charge is 0.293 e. The summed E-state index contributed by atoms with van der Waals surface area (Å²) in [6.45, 7) is 3.25. The molecule has 0 aliphatic heterocycles. The molecule has 10 heavy (non-hydrogen) atoms. The molecular weight excluding hydrogens is 138 g/mol. The fraction of sp³-hybridized carbons (Fsp3) is 0.857. The highest BCUT2D eigenvalue weighted by Gasteiger charge is 2.50. The predicted molar refractivity (Wildman–Crippen MR) is 32.9 cm³/mol. The third-order valence-electron chi connectivity index (χ3n) is 2.21. The average Bonchev–Trinajstić information content (AvgIpc) is 1.95. The van der Waals surface area contributed by atoms with Gasteiger partial charge in [-0.2, -0.15) is 8.78 Å². The first-order valence-corrected chi connectivity index (χ1v) is 3.37. The summed E-state index contributed by atoms with van der Waals surface area (Å²) in [5.74, 6) is -4.56. The Morgan fingerprint density at radius 2 is 2.00 bits per heavy atom. The molecule has 1 saturated carbocycles. The van der Waals surface area contributed by atoms with Crippen molar-refractivity contribution < 1.29 is 13.6 Å². The highest BCUT2D eigenvalue weighted by atomic mass is 19.3. The molecule has 0 aromatic carbocycles. The Hall–Kier alpha value is -0.470. The molecule has 0 spiro atoms. The van der Waals surface area contributed by atoms with Crippen LogP contribution in [0.1, 0.15) is 20.3 Å². The van der Waals surface area contributed by atoms with Gasteiger partial charge in [0, 0.05) is 12.3 Å². The van der Waals surface area contributed by atoms with Crippen molar-refractivity contribution in [2.24, 2.45) is 11.8 Å². The van der Waals surface area contributed by atoms with Crippen molar-refractivity contribution in [1.29, 1.82) is 0 Å². The number of Topliss-reactive ketones (excluding diaryl/α,β-unsaturated/α-hetero) is 1. The summed E-state index contributed by atoms with van der Waals surface area (Å²) in [4.78, 5) is 10.7. The maximum absolute atomic E-state index is 12.5. The Kier molecular flexibility index (Phi) is 1.53. The molecule has 0 aromatic rings. The first kappa shape index (κ1) is 7.63. The van der Waals surface area contributed by atoms with E-state index in [0.29, 0.717) is 0 Å². The number of alkyl halides is 2. The van der Waals surface area contributed by atoms with Gasteiger partial charge in [-0.05, 0) is 5.92 Å². The normalized spacial score (nSPS) is 38.6. The van der Waals surface area contributed by atoms with Gasteiger partial charge in [-0.3, -0.25) is 4.79 Å². The van der Waals surface area contributed by atoms with Crippen LogP contribution in [0, 0.1) is 11.8 Å². The molecule has 1 aliphatic carbocycles. The van der Waals surface area contributed by atoms with Gasteiger partial charge in [-0.1, -0.05) is 13.8 Å². The average molecular weight is 148 g/mol. The Balaban J connectivity index is 2.82. The van der Waals surface area contributed by atoms with E-state index >= 15 is 0 Å². The SMILES string of the molecule is CC1CC(F)(F)C(=O)C1C. The van der Waals surface area contributed by atoms with Crippen LogP contribution in [-0.4, -0.2) is 11.7 Å². The number of hydrogen-bond acceptors (Lipinski definition) is 1. The summed E-state index contributed by atoms with van der Waals surface area (Å²) >= 11 is 0. The highest BCUT2D eigenvalue weighted by molar-refractivity contribution is 5.89. The van der Waals surface area contributed by atoms with E-state index in [1.54, 1.807) is 13.8 Å². The molecule has 0 saturated heterocycles. The van der Waals surface area contributed by atoms with E-state index in [0.717, 1.165) is 0 Å². The van der Waals surface area contributed by atoms with Gasteiger partial charge >= 0.3 is 5.92 Å². The van der Waals surface area contributed by atoms with E-state index in [4.69, 9.17) is 0 Å². The van der Waals surface area contributed by atoms with Crippen LogP contribution in [0.4, 0.5) is 8.78 Å². The molecule has 0 heterocycles. The zero-order valence-electron chi connectivity index (χ0n) is 6.03. The molecule has 1 fully saturated rings. The lowest BCUT2D eigenvalue weighted by Crippen LogP contribution is -2.24. The fourth-order valence-corrected chi connectivity index (χ4v) is 1.27. The standard InChI is InChI=1S/C7H10F2O/c1-4-3-7(8,9)6(10)5(4)2/h4-5H,3H2,1-2H3. The molecule has 1 rings (SSSR count). The first-order valence-electron chi connectivity index (χ1n) is 3.37. The minimum absolute atomic E-state index is 0.164. The number of carbonyl (C=O) groups is 1. The maximum atomic E-state index is 12.5. The Labute approximate surface area is 58.4 Å². The van der Waals surface area contributed by atoms with Gasteiger partial charge in [0.1, 0.15) is 0 Å². The minimum atomic E-state index is -3.04. The lowest BCUT2D eigenvalue weighted by molar-refractivity contribution is -0.140. The minimum Gasteiger partial charge on any atom is -0.293 e. The van der Waals surface area contributed by atoms with E-state index < -0.39 is 17.6 Å². The Morgan fingerprint density at radius 1 is 1.50 bits per heavy atom. The molecule has 0 N–H and O–H groups in total. The number of carbonyl (C=O) groups excluding carboxylic acids is 1. The summed E-state index contributed by atoms with van der Waals surface area (Å²) in [5, 5.41) is 0. The zero-order valence-corrected chi connectivity index (χ0v) is 6.03. The molecule has 0 radical (unpaired) electrons. The van der Waals surface area contributed by atoms with Gasteiger partial charge in [0.15, 0.2) is 0 Å². The third kappa shape index (κ3) is 0.935. The second-order valence-corrected chi connectivity index (χ2v) is 3.04. The van der Waals surface area contributed by atoms with Crippen molar-refractivity contribution in [3.63, 3.8) is 0 Å². The van der Waals surface area contributed by atoms with Gasteiger partial charge in [-0.15, -0.1) is 0 Å². The van der Waals surface area contributed by atoms with Gasteiger partial charge < -0.3 is 0 Å². The van der Waals surface area contributed by atoms with E-state index in [2.05, 4.69) is 0 Å². The molecule has 3 heteroatoms. The molecule has 1 aliphatic rings. The van der Waals surface area contributed by atoms with Crippen LogP contribution in [0.25, 0.3) is 0 Å². The summed E-state index contributed by atoms with van der Waals surface area (Å²) in [7, 11) is 0. The van der Waals surface area contributed by atoms with E-state index in [9.17, 15) is 13.6 Å². The molecule has 0 bridgehead atoms. The number of rotatable bonds is 0. The molecule has 0 aromatic heterocycles. The van der Waals surface area contributed by atoms with Crippen molar-refractivity contribution in [3.8, 4) is 0 Å². The molecule has 2 unspecified atom stereocenters. The molecule has 1 nitrogen and oxygen atoms in total. The topological polar surface area (TPSA) is 17.1 Å². The number of hydrogen-bond donors (Lipinski definition) is 0. The van der Waals surface area contributed by atoms with Crippen LogP contribution in [0.2, 0.25) is 0 Å². The number of ketones is 1. The second-order valence-electron chi connectivity index (χ2n) is 3.04. The second kappa shape index (κ2) is 2.01. The van der Waals surface area contributed by atoms with Crippen molar-refractivity contribution in [1.82, 2.24) is 0 Å². The van der Waals surface area contributed by atoms with Crippen molar-refractivity contribution >= 4 is 5.78 Å². The van der Waals surface area contributed by atoms with E-state index in [-0.39, 0.29) is 12.3 Å². The van der Waals surface area contributed by atoms with Crippen LogP contribution in [0.3, 0.4) is 0 Å². The summed E-state index contributed by atoms with van der Waals surface area (Å²) in [6.07, 6.45) is -0.271. The van der Waals surface area contributed by atoms with Crippen LogP contribution in [0.15, 0.2) is 0 Å². The molecule has 58 valence electrons. The lowest BCUT2D eigenvalue weighted by atomic mass is 10.0. The van der Waals surface area contributed by atoms with Gasteiger partial charge in [0.2, 0.25) is 5.78 Å².